The third-order valence-electron chi connectivity index (χ3n) is 8.35. The van der Waals surface area contributed by atoms with Gasteiger partial charge < -0.3 is 29.2 Å². The SMILES string of the molecule is CC(C)[C@@H](NC(=O)OC(C)(C)C)C(=O)N1CCCC[C@@H]1CN(c1ncc(B2OC(C)(C)C(C)(C)O2)cn1)C1CC1. The first-order valence-electron chi connectivity index (χ1n) is 14.8. The van der Waals surface area contributed by atoms with E-state index in [-0.39, 0.29) is 17.9 Å². The zero-order valence-corrected chi connectivity index (χ0v) is 25.8. The number of carbonyl (C=O) groups excluding carboxylic acids is 2. The van der Waals surface area contributed by atoms with Gasteiger partial charge in [-0.3, -0.25) is 4.79 Å². The van der Waals surface area contributed by atoms with E-state index in [1.165, 1.54) is 0 Å². The zero-order chi connectivity index (χ0) is 29.5. The van der Waals surface area contributed by atoms with Crippen LogP contribution in [-0.4, -0.2) is 82.0 Å². The Morgan fingerprint density at radius 2 is 1.70 bits per heavy atom. The lowest BCUT2D eigenvalue weighted by molar-refractivity contribution is -0.138. The van der Waals surface area contributed by atoms with Crippen molar-refractivity contribution < 1.29 is 23.6 Å². The molecule has 0 radical (unpaired) electrons. The normalized spacial score (nSPS) is 23.2. The van der Waals surface area contributed by atoms with Crippen LogP contribution < -0.4 is 15.7 Å². The average molecular weight is 558 g/mol. The lowest BCUT2D eigenvalue weighted by Crippen LogP contribution is -2.58. The highest BCUT2D eigenvalue weighted by Gasteiger charge is 2.52. The summed E-state index contributed by atoms with van der Waals surface area (Å²) in [5.74, 6) is 0.527. The molecule has 1 N–H and O–H groups in total. The molecule has 3 aliphatic rings. The predicted octanol–water partition coefficient (Wildman–Crippen LogP) is 3.68. The number of likely N-dealkylation sites (tertiary alicyclic amines) is 1. The van der Waals surface area contributed by atoms with E-state index in [2.05, 4.69) is 10.2 Å². The van der Waals surface area contributed by atoms with Gasteiger partial charge in [-0.15, -0.1) is 0 Å². The van der Waals surface area contributed by atoms with Crippen LogP contribution >= 0.6 is 0 Å². The Kier molecular flexibility index (Phi) is 8.76. The molecule has 10 nitrogen and oxygen atoms in total. The largest absolute Gasteiger partial charge is 0.498 e. The fraction of sp³-hybridized carbons (Fsp3) is 0.793. The first kappa shape index (κ1) is 30.6. The van der Waals surface area contributed by atoms with E-state index in [0.717, 1.165) is 37.6 Å². The Bertz CT molecular complexity index is 1040. The number of piperidine rings is 1. The first-order valence-corrected chi connectivity index (χ1v) is 14.8. The molecule has 222 valence electrons. The summed E-state index contributed by atoms with van der Waals surface area (Å²) in [6, 6.07) is -0.280. The molecular formula is C29H48BN5O5. The lowest BCUT2D eigenvalue weighted by Gasteiger charge is -2.41. The number of rotatable bonds is 8. The second kappa shape index (κ2) is 11.5. The molecule has 4 rings (SSSR count). The van der Waals surface area contributed by atoms with Gasteiger partial charge in [-0.2, -0.15) is 0 Å². The van der Waals surface area contributed by atoms with Crippen LogP contribution in [0.25, 0.3) is 0 Å². The molecule has 2 atom stereocenters. The Morgan fingerprint density at radius 3 is 2.23 bits per heavy atom. The first-order chi connectivity index (χ1) is 18.6. The van der Waals surface area contributed by atoms with Crippen molar-refractivity contribution in [3.05, 3.63) is 12.4 Å². The maximum Gasteiger partial charge on any atom is 0.498 e. The summed E-state index contributed by atoms with van der Waals surface area (Å²) in [4.78, 5) is 40.0. The molecule has 11 heteroatoms. The van der Waals surface area contributed by atoms with Gasteiger partial charge in [-0.05, 0) is 86.5 Å². The van der Waals surface area contributed by atoms with E-state index >= 15 is 0 Å². The summed E-state index contributed by atoms with van der Waals surface area (Å²) in [7, 11) is -0.509. The van der Waals surface area contributed by atoms with Gasteiger partial charge in [-0.25, -0.2) is 14.8 Å². The van der Waals surface area contributed by atoms with Crippen molar-refractivity contribution in [2.75, 3.05) is 18.0 Å². The number of hydrogen-bond acceptors (Lipinski definition) is 8. The number of nitrogens with zero attached hydrogens (tertiary/aromatic N) is 4. The van der Waals surface area contributed by atoms with Gasteiger partial charge in [0, 0.05) is 43.0 Å². The molecule has 40 heavy (non-hydrogen) atoms. The number of alkyl carbamates (subject to hydrolysis) is 1. The Labute approximate surface area is 240 Å². The van der Waals surface area contributed by atoms with Crippen LogP contribution in [0.5, 0.6) is 0 Å². The Morgan fingerprint density at radius 1 is 1.10 bits per heavy atom. The van der Waals surface area contributed by atoms with Crippen molar-refractivity contribution in [2.24, 2.45) is 5.92 Å². The molecule has 1 aliphatic carbocycles. The van der Waals surface area contributed by atoms with Crippen LogP contribution in [0.4, 0.5) is 10.7 Å². The molecule has 3 fully saturated rings. The van der Waals surface area contributed by atoms with E-state index < -0.39 is 36.1 Å². The second-order valence-corrected chi connectivity index (χ2v) is 13.8. The minimum Gasteiger partial charge on any atom is -0.444 e. The number of carbonyl (C=O) groups is 2. The van der Waals surface area contributed by atoms with Crippen LogP contribution in [0.3, 0.4) is 0 Å². The monoisotopic (exact) mass is 557 g/mol. The fourth-order valence-electron chi connectivity index (χ4n) is 5.19. The van der Waals surface area contributed by atoms with Crippen LogP contribution in [0.1, 0.15) is 94.4 Å². The van der Waals surface area contributed by atoms with Crippen molar-refractivity contribution in [3.63, 3.8) is 0 Å². The minimum absolute atomic E-state index is 0.00918. The number of amides is 2. The Hall–Kier alpha value is -2.40. The van der Waals surface area contributed by atoms with Crippen LogP contribution in [0.15, 0.2) is 12.4 Å². The molecule has 0 aromatic carbocycles. The number of nitrogens with one attached hydrogen (secondary N) is 1. The van der Waals surface area contributed by atoms with E-state index in [0.29, 0.717) is 25.1 Å². The third kappa shape index (κ3) is 7.08. The molecule has 1 saturated carbocycles. The highest BCUT2D eigenvalue weighted by molar-refractivity contribution is 6.61. The molecule has 2 amide bonds. The predicted molar refractivity (Wildman–Crippen MR) is 155 cm³/mol. The molecule has 0 spiro atoms. The molecule has 0 bridgehead atoms. The Balaban J connectivity index is 1.47. The maximum atomic E-state index is 13.8. The van der Waals surface area contributed by atoms with Gasteiger partial charge in [-0.1, -0.05) is 13.8 Å². The van der Waals surface area contributed by atoms with Crippen molar-refractivity contribution in [2.45, 2.75) is 129 Å². The van der Waals surface area contributed by atoms with Crippen molar-refractivity contribution >= 4 is 30.5 Å². The standard InChI is InChI=1S/C29H48BN5O5/c1-19(2)23(33-26(37)38-27(3,4)5)24(36)34-15-11-10-12-22(34)18-35(21-13-14-21)25-31-16-20(17-32-25)30-39-28(6,7)29(8,9)40-30/h16-17,19,21-23H,10-15,18H2,1-9H3,(H,33,37)/t22-,23-/m1/s1. The van der Waals surface area contributed by atoms with E-state index in [1.807, 2.05) is 67.2 Å². The summed E-state index contributed by atoms with van der Waals surface area (Å²) in [5.41, 5.74) is -0.704. The lowest BCUT2D eigenvalue weighted by atomic mass is 9.81. The molecule has 1 aromatic rings. The third-order valence-corrected chi connectivity index (χ3v) is 8.35. The van der Waals surface area contributed by atoms with Crippen molar-refractivity contribution in [3.8, 4) is 0 Å². The fourth-order valence-corrected chi connectivity index (χ4v) is 5.19. The molecule has 2 saturated heterocycles. The number of hydrogen-bond donors (Lipinski definition) is 1. The molecule has 2 aliphatic heterocycles. The molecule has 3 heterocycles. The van der Waals surface area contributed by atoms with Crippen LogP contribution in [0, 0.1) is 5.92 Å². The number of aromatic nitrogens is 2. The van der Waals surface area contributed by atoms with E-state index in [1.54, 1.807) is 12.4 Å². The van der Waals surface area contributed by atoms with Gasteiger partial charge >= 0.3 is 13.2 Å². The van der Waals surface area contributed by atoms with Crippen molar-refractivity contribution in [1.82, 2.24) is 20.2 Å². The molecule has 1 aromatic heterocycles. The van der Waals surface area contributed by atoms with Gasteiger partial charge in [0.05, 0.1) is 11.2 Å². The summed E-state index contributed by atoms with van der Waals surface area (Å²) in [5, 5.41) is 2.84. The number of ether oxygens (including phenoxy) is 1. The highest BCUT2D eigenvalue weighted by Crippen LogP contribution is 2.36. The average Bonchev–Trinajstić information content (AvgIpc) is 3.66. The van der Waals surface area contributed by atoms with Gasteiger partial charge in [0.25, 0.3) is 0 Å². The minimum atomic E-state index is -0.653. The van der Waals surface area contributed by atoms with Gasteiger partial charge in [0.2, 0.25) is 11.9 Å². The zero-order valence-electron chi connectivity index (χ0n) is 25.8. The molecular weight excluding hydrogens is 509 g/mol. The highest BCUT2D eigenvalue weighted by atomic mass is 16.7. The maximum absolute atomic E-state index is 13.8. The topological polar surface area (TPSA) is 106 Å². The quantitative estimate of drug-likeness (QED) is 0.483. The van der Waals surface area contributed by atoms with E-state index in [9.17, 15) is 9.59 Å². The summed E-state index contributed by atoms with van der Waals surface area (Å²) in [6.07, 6.45) is 8.09. The van der Waals surface area contributed by atoms with Crippen molar-refractivity contribution in [1.29, 1.82) is 0 Å². The summed E-state index contributed by atoms with van der Waals surface area (Å²) >= 11 is 0. The summed E-state index contributed by atoms with van der Waals surface area (Å²) in [6.45, 7) is 18.8. The molecule has 0 unspecified atom stereocenters. The van der Waals surface area contributed by atoms with Gasteiger partial charge in [0.1, 0.15) is 11.6 Å². The van der Waals surface area contributed by atoms with Crippen LogP contribution in [0.2, 0.25) is 0 Å². The second-order valence-electron chi connectivity index (χ2n) is 13.8. The number of anilines is 1. The van der Waals surface area contributed by atoms with Gasteiger partial charge in [0.15, 0.2) is 0 Å². The van der Waals surface area contributed by atoms with E-state index in [4.69, 9.17) is 24.0 Å². The van der Waals surface area contributed by atoms with Crippen LogP contribution in [-0.2, 0) is 18.8 Å². The summed E-state index contributed by atoms with van der Waals surface area (Å²) < 4.78 is 17.8. The smallest absolute Gasteiger partial charge is 0.444 e.